The van der Waals surface area contributed by atoms with Crippen molar-refractivity contribution in [3.63, 3.8) is 0 Å². The molecule has 2 rings (SSSR count). The van der Waals surface area contributed by atoms with Crippen LogP contribution in [0.4, 0.5) is 0 Å². The molecule has 4 nitrogen and oxygen atoms in total. The summed E-state index contributed by atoms with van der Waals surface area (Å²) < 4.78 is 0. The number of nitrogens with one attached hydrogen (secondary N) is 2. The van der Waals surface area contributed by atoms with E-state index in [4.69, 9.17) is 11.6 Å². The minimum absolute atomic E-state index is 0.357. The molecule has 108 valence electrons. The fraction of sp³-hybridized carbons (Fsp3) is 0.125. The van der Waals surface area contributed by atoms with Crippen LogP contribution in [0.2, 0.25) is 5.02 Å². The van der Waals surface area contributed by atoms with Gasteiger partial charge in [0, 0.05) is 16.1 Å². The fourth-order valence-corrected chi connectivity index (χ4v) is 2.09. The van der Waals surface area contributed by atoms with Crippen LogP contribution in [0.5, 0.6) is 0 Å². The zero-order chi connectivity index (χ0) is 15.4. The third kappa shape index (κ3) is 4.07. The van der Waals surface area contributed by atoms with Gasteiger partial charge >= 0.3 is 0 Å². The summed E-state index contributed by atoms with van der Waals surface area (Å²) in [5.41, 5.74) is 7.67. The summed E-state index contributed by atoms with van der Waals surface area (Å²) in [6, 6.07) is 11.9. The van der Waals surface area contributed by atoms with Crippen LogP contribution in [0, 0.1) is 13.8 Å². The van der Waals surface area contributed by atoms with Gasteiger partial charge in [0.1, 0.15) is 0 Å². The molecule has 0 unspecified atom stereocenters. The van der Waals surface area contributed by atoms with Gasteiger partial charge in [0.25, 0.3) is 11.8 Å². The zero-order valence-electron chi connectivity index (χ0n) is 11.7. The summed E-state index contributed by atoms with van der Waals surface area (Å²) in [4.78, 5) is 23.8. The highest BCUT2D eigenvalue weighted by Crippen LogP contribution is 2.10. The Hall–Kier alpha value is -2.33. The van der Waals surface area contributed by atoms with E-state index in [1.54, 1.807) is 36.4 Å². The molecule has 0 radical (unpaired) electrons. The second kappa shape index (κ2) is 6.41. The number of rotatable bonds is 2. The van der Waals surface area contributed by atoms with E-state index in [0.29, 0.717) is 16.1 Å². The quantitative estimate of drug-likeness (QED) is 0.838. The Labute approximate surface area is 128 Å². The lowest BCUT2D eigenvalue weighted by Crippen LogP contribution is -2.41. The number of carbonyl (C=O) groups excluding carboxylic acids is 2. The Balaban J connectivity index is 2.00. The largest absolute Gasteiger partial charge is 0.269 e. The third-order valence-corrected chi connectivity index (χ3v) is 3.13. The monoisotopic (exact) mass is 302 g/mol. The molecule has 0 aliphatic rings. The molecular weight excluding hydrogens is 288 g/mol. The lowest BCUT2D eigenvalue weighted by molar-refractivity contribution is 0.0846. The van der Waals surface area contributed by atoms with Gasteiger partial charge in [-0.1, -0.05) is 28.8 Å². The number of amides is 2. The van der Waals surface area contributed by atoms with E-state index in [1.807, 2.05) is 19.9 Å². The molecule has 0 fully saturated rings. The average molecular weight is 303 g/mol. The van der Waals surface area contributed by atoms with Crippen LogP contribution in [0.15, 0.2) is 42.5 Å². The second-order valence-corrected chi connectivity index (χ2v) is 5.23. The summed E-state index contributed by atoms with van der Waals surface area (Å²) in [5, 5.41) is 0.547. The molecule has 2 amide bonds. The Morgan fingerprint density at radius 2 is 1.29 bits per heavy atom. The first-order valence-electron chi connectivity index (χ1n) is 6.40. The maximum Gasteiger partial charge on any atom is 0.269 e. The van der Waals surface area contributed by atoms with Crippen molar-refractivity contribution in [3.05, 3.63) is 69.7 Å². The zero-order valence-corrected chi connectivity index (χ0v) is 12.5. The molecule has 0 aliphatic carbocycles. The Morgan fingerprint density at radius 1 is 0.810 bits per heavy atom. The predicted octanol–water partition coefficient (Wildman–Crippen LogP) is 3.03. The molecule has 0 aromatic heterocycles. The van der Waals surface area contributed by atoms with E-state index < -0.39 is 5.91 Å². The van der Waals surface area contributed by atoms with Gasteiger partial charge in [-0.25, -0.2) is 0 Å². The van der Waals surface area contributed by atoms with Crippen molar-refractivity contribution in [2.45, 2.75) is 13.8 Å². The van der Waals surface area contributed by atoms with E-state index in [2.05, 4.69) is 10.9 Å². The molecule has 0 saturated heterocycles. The van der Waals surface area contributed by atoms with E-state index in [-0.39, 0.29) is 5.91 Å². The molecule has 0 spiro atoms. The highest BCUT2D eigenvalue weighted by molar-refractivity contribution is 6.30. The van der Waals surface area contributed by atoms with E-state index in [9.17, 15) is 9.59 Å². The van der Waals surface area contributed by atoms with Crippen LogP contribution in [0.3, 0.4) is 0 Å². The van der Waals surface area contributed by atoms with Crippen LogP contribution in [0.1, 0.15) is 31.8 Å². The Kier molecular flexibility index (Phi) is 4.60. The summed E-state index contributed by atoms with van der Waals surface area (Å²) >= 11 is 5.75. The Morgan fingerprint density at radius 3 is 1.81 bits per heavy atom. The topological polar surface area (TPSA) is 58.2 Å². The van der Waals surface area contributed by atoms with Gasteiger partial charge in [0.05, 0.1) is 0 Å². The van der Waals surface area contributed by atoms with Crippen molar-refractivity contribution in [2.24, 2.45) is 0 Å². The molecule has 5 heteroatoms. The van der Waals surface area contributed by atoms with Crippen molar-refractivity contribution < 1.29 is 9.59 Å². The average Bonchev–Trinajstić information content (AvgIpc) is 2.44. The summed E-state index contributed by atoms with van der Waals surface area (Å²) in [5.74, 6) is -0.756. The van der Waals surface area contributed by atoms with Gasteiger partial charge in [0.2, 0.25) is 0 Å². The van der Waals surface area contributed by atoms with E-state index in [0.717, 1.165) is 11.1 Å². The maximum atomic E-state index is 12.0. The van der Waals surface area contributed by atoms with Gasteiger partial charge in [0.15, 0.2) is 0 Å². The first kappa shape index (κ1) is 15.1. The standard InChI is InChI=1S/C16H15ClN2O2/c1-10-7-11(2)9-13(8-10)16(21)19-18-15(20)12-3-5-14(17)6-4-12/h3-9H,1-2H3,(H,18,20)(H,19,21). The number of hydrogen-bond donors (Lipinski definition) is 2. The number of hydrazine groups is 1. The van der Waals surface area contributed by atoms with Crippen molar-refractivity contribution in [2.75, 3.05) is 0 Å². The number of halogens is 1. The highest BCUT2D eigenvalue weighted by atomic mass is 35.5. The summed E-state index contributed by atoms with van der Waals surface area (Å²) in [6.45, 7) is 3.83. The lowest BCUT2D eigenvalue weighted by atomic mass is 10.1. The molecule has 0 heterocycles. The number of benzene rings is 2. The third-order valence-electron chi connectivity index (χ3n) is 2.88. The SMILES string of the molecule is Cc1cc(C)cc(C(=O)NNC(=O)c2ccc(Cl)cc2)c1. The first-order chi connectivity index (χ1) is 9.95. The molecule has 2 N–H and O–H groups in total. The van der Waals surface area contributed by atoms with E-state index in [1.165, 1.54) is 0 Å². The minimum Gasteiger partial charge on any atom is -0.267 e. The van der Waals surface area contributed by atoms with Gasteiger partial charge in [-0.15, -0.1) is 0 Å². The van der Waals surface area contributed by atoms with E-state index >= 15 is 0 Å². The van der Waals surface area contributed by atoms with Crippen molar-refractivity contribution in [3.8, 4) is 0 Å². The molecule has 21 heavy (non-hydrogen) atoms. The van der Waals surface area contributed by atoms with Gasteiger partial charge < -0.3 is 0 Å². The molecule has 2 aromatic rings. The first-order valence-corrected chi connectivity index (χ1v) is 6.78. The second-order valence-electron chi connectivity index (χ2n) is 4.79. The van der Waals surface area contributed by atoms with Crippen LogP contribution in [0.25, 0.3) is 0 Å². The molecule has 0 aliphatic heterocycles. The van der Waals surface area contributed by atoms with Crippen LogP contribution in [-0.4, -0.2) is 11.8 Å². The van der Waals surface area contributed by atoms with Gasteiger partial charge in [-0.2, -0.15) is 0 Å². The smallest absolute Gasteiger partial charge is 0.267 e. The molecule has 2 aromatic carbocycles. The predicted molar refractivity (Wildman–Crippen MR) is 82.3 cm³/mol. The minimum atomic E-state index is -0.399. The van der Waals surface area contributed by atoms with Gasteiger partial charge in [-0.05, 0) is 50.2 Å². The van der Waals surface area contributed by atoms with Gasteiger partial charge in [-0.3, -0.25) is 20.4 Å². The number of carbonyl (C=O) groups is 2. The van der Waals surface area contributed by atoms with Crippen molar-refractivity contribution in [1.82, 2.24) is 10.9 Å². The number of hydrogen-bond acceptors (Lipinski definition) is 2. The maximum absolute atomic E-state index is 12.0. The number of aryl methyl sites for hydroxylation is 2. The van der Waals surface area contributed by atoms with Crippen LogP contribution < -0.4 is 10.9 Å². The molecule has 0 bridgehead atoms. The fourth-order valence-electron chi connectivity index (χ4n) is 1.96. The summed E-state index contributed by atoms with van der Waals surface area (Å²) in [7, 11) is 0. The van der Waals surface area contributed by atoms with Crippen molar-refractivity contribution >= 4 is 23.4 Å². The van der Waals surface area contributed by atoms with Crippen LogP contribution >= 0.6 is 11.6 Å². The van der Waals surface area contributed by atoms with Crippen molar-refractivity contribution in [1.29, 1.82) is 0 Å². The normalized spacial score (nSPS) is 10.0. The van der Waals surface area contributed by atoms with Crippen LogP contribution in [-0.2, 0) is 0 Å². The summed E-state index contributed by atoms with van der Waals surface area (Å²) in [6.07, 6.45) is 0. The molecule has 0 atom stereocenters. The highest BCUT2D eigenvalue weighted by Gasteiger charge is 2.09. The molecular formula is C16H15ClN2O2. The lowest BCUT2D eigenvalue weighted by Gasteiger charge is -2.08. The Bertz CT molecular complexity index is 661. The molecule has 0 saturated carbocycles.